The number of nitrogens with one attached hydrogen (secondary N) is 1. The van der Waals surface area contributed by atoms with E-state index in [2.05, 4.69) is 34.0 Å². The fraction of sp³-hybridized carbons (Fsp3) is 0.412. The lowest BCUT2D eigenvalue weighted by atomic mass is 10.1. The van der Waals surface area contributed by atoms with E-state index in [0.29, 0.717) is 18.0 Å². The average Bonchev–Trinajstić information content (AvgIpc) is 2.55. The Morgan fingerprint density at radius 2 is 2.22 bits per heavy atom. The molecule has 23 heavy (non-hydrogen) atoms. The molecule has 1 N–H and O–H groups in total. The Kier molecular flexibility index (Phi) is 4.71. The van der Waals surface area contributed by atoms with Crippen LogP contribution in [0.1, 0.15) is 19.4 Å². The Morgan fingerprint density at radius 1 is 1.35 bits per heavy atom. The molecular formula is C17H21FN4O. The van der Waals surface area contributed by atoms with Crippen molar-refractivity contribution in [1.82, 2.24) is 15.3 Å². The summed E-state index contributed by atoms with van der Waals surface area (Å²) in [6.45, 7) is 6.36. The molecule has 122 valence electrons. The molecule has 0 spiro atoms. The highest BCUT2D eigenvalue weighted by Gasteiger charge is 2.23. The Labute approximate surface area is 135 Å². The maximum atomic E-state index is 13.2. The van der Waals surface area contributed by atoms with Crippen LogP contribution < -0.4 is 15.0 Å². The minimum atomic E-state index is -0.269. The van der Waals surface area contributed by atoms with Crippen LogP contribution in [-0.2, 0) is 6.61 Å². The number of piperazine rings is 1. The molecule has 0 amide bonds. The summed E-state index contributed by atoms with van der Waals surface area (Å²) in [5.41, 5.74) is 0.765. The van der Waals surface area contributed by atoms with Gasteiger partial charge in [0.25, 0.3) is 0 Å². The number of hydrogen-bond acceptors (Lipinski definition) is 5. The van der Waals surface area contributed by atoms with Gasteiger partial charge in [0.15, 0.2) is 5.82 Å². The molecule has 5 nitrogen and oxygen atoms in total. The molecule has 0 radical (unpaired) electrons. The number of aromatic nitrogens is 2. The Morgan fingerprint density at radius 3 is 3.04 bits per heavy atom. The molecule has 6 heteroatoms. The van der Waals surface area contributed by atoms with Gasteiger partial charge in [0.1, 0.15) is 12.4 Å². The smallest absolute Gasteiger partial charge is 0.234 e. The summed E-state index contributed by atoms with van der Waals surface area (Å²) >= 11 is 0. The zero-order valence-corrected chi connectivity index (χ0v) is 13.4. The van der Waals surface area contributed by atoms with Gasteiger partial charge < -0.3 is 15.0 Å². The summed E-state index contributed by atoms with van der Waals surface area (Å²) in [4.78, 5) is 11.0. The van der Waals surface area contributed by atoms with Gasteiger partial charge in [0.2, 0.25) is 5.88 Å². The second-order valence-electron chi connectivity index (χ2n) is 5.94. The molecule has 1 saturated heterocycles. The van der Waals surface area contributed by atoms with Gasteiger partial charge in [0.05, 0.1) is 12.4 Å². The van der Waals surface area contributed by atoms with E-state index in [9.17, 15) is 4.39 Å². The van der Waals surface area contributed by atoms with Crippen molar-refractivity contribution in [3.8, 4) is 5.88 Å². The normalized spacial score (nSPS) is 21.3. The Hall–Kier alpha value is -2.21. The predicted octanol–water partition coefficient (Wildman–Crippen LogP) is 2.38. The van der Waals surface area contributed by atoms with E-state index in [4.69, 9.17) is 4.74 Å². The molecule has 1 aliphatic heterocycles. The zero-order valence-electron chi connectivity index (χ0n) is 13.4. The number of rotatable bonds is 4. The fourth-order valence-electron chi connectivity index (χ4n) is 2.67. The van der Waals surface area contributed by atoms with E-state index in [1.54, 1.807) is 18.5 Å². The maximum absolute atomic E-state index is 13.2. The monoisotopic (exact) mass is 316 g/mol. The summed E-state index contributed by atoms with van der Waals surface area (Å²) in [6, 6.07) is 7.11. The van der Waals surface area contributed by atoms with Gasteiger partial charge in [-0.1, -0.05) is 12.1 Å². The molecule has 1 aromatic heterocycles. The number of anilines is 1. The molecule has 1 aromatic carbocycles. The highest BCUT2D eigenvalue weighted by atomic mass is 19.1. The molecule has 2 heterocycles. The first-order valence-electron chi connectivity index (χ1n) is 7.81. The average molecular weight is 316 g/mol. The van der Waals surface area contributed by atoms with Gasteiger partial charge in [-0.2, -0.15) is 4.98 Å². The second-order valence-corrected chi connectivity index (χ2v) is 5.94. The topological polar surface area (TPSA) is 50.3 Å². The van der Waals surface area contributed by atoms with Crippen LogP contribution in [0.2, 0.25) is 0 Å². The summed E-state index contributed by atoms with van der Waals surface area (Å²) in [7, 11) is 0. The van der Waals surface area contributed by atoms with Crippen molar-refractivity contribution in [3.63, 3.8) is 0 Å². The third-order valence-corrected chi connectivity index (χ3v) is 3.93. The number of ether oxygens (including phenoxy) is 1. The van der Waals surface area contributed by atoms with E-state index >= 15 is 0 Å². The summed E-state index contributed by atoms with van der Waals surface area (Å²) in [6.07, 6.45) is 3.34. The SMILES string of the molecule is CC1CN(c2cncc(OCc3cccc(F)c3)n2)C(C)CN1. The summed E-state index contributed by atoms with van der Waals surface area (Å²) in [5.74, 6) is 0.988. The quantitative estimate of drug-likeness (QED) is 0.938. The first kappa shape index (κ1) is 15.7. The molecule has 0 aliphatic carbocycles. The summed E-state index contributed by atoms with van der Waals surface area (Å²) < 4.78 is 18.8. The molecule has 2 aromatic rings. The van der Waals surface area contributed by atoms with Crippen molar-refractivity contribution in [2.75, 3.05) is 18.0 Å². The van der Waals surface area contributed by atoms with E-state index in [1.165, 1.54) is 12.1 Å². The molecule has 1 fully saturated rings. The fourth-order valence-corrected chi connectivity index (χ4v) is 2.67. The van der Waals surface area contributed by atoms with Crippen LogP contribution in [0.15, 0.2) is 36.7 Å². The van der Waals surface area contributed by atoms with E-state index in [-0.39, 0.29) is 12.4 Å². The first-order valence-corrected chi connectivity index (χ1v) is 7.81. The minimum absolute atomic E-state index is 0.267. The van der Waals surface area contributed by atoms with Crippen molar-refractivity contribution >= 4 is 5.82 Å². The van der Waals surface area contributed by atoms with Crippen LogP contribution in [0.25, 0.3) is 0 Å². The maximum Gasteiger partial charge on any atom is 0.234 e. The van der Waals surface area contributed by atoms with E-state index in [1.807, 2.05) is 6.07 Å². The Bertz CT molecular complexity index is 667. The number of hydrogen-bond donors (Lipinski definition) is 1. The number of halogens is 1. The van der Waals surface area contributed by atoms with Crippen molar-refractivity contribution in [2.24, 2.45) is 0 Å². The predicted molar refractivity (Wildman–Crippen MR) is 87.0 cm³/mol. The van der Waals surface area contributed by atoms with Gasteiger partial charge >= 0.3 is 0 Å². The van der Waals surface area contributed by atoms with Crippen LogP contribution in [0.4, 0.5) is 10.2 Å². The minimum Gasteiger partial charge on any atom is -0.472 e. The van der Waals surface area contributed by atoms with Gasteiger partial charge in [-0.25, -0.2) is 4.39 Å². The third kappa shape index (κ3) is 3.96. The summed E-state index contributed by atoms with van der Waals surface area (Å²) in [5, 5.41) is 3.44. The van der Waals surface area contributed by atoms with Crippen LogP contribution >= 0.6 is 0 Å². The van der Waals surface area contributed by atoms with Crippen LogP contribution in [0.3, 0.4) is 0 Å². The lowest BCUT2D eigenvalue weighted by Crippen LogP contribution is -2.54. The number of nitrogens with zero attached hydrogens (tertiary/aromatic N) is 3. The lowest BCUT2D eigenvalue weighted by molar-refractivity contribution is 0.291. The molecular weight excluding hydrogens is 295 g/mol. The van der Waals surface area contributed by atoms with Gasteiger partial charge in [-0.3, -0.25) is 4.98 Å². The molecule has 3 rings (SSSR count). The molecule has 2 atom stereocenters. The van der Waals surface area contributed by atoms with Crippen LogP contribution in [0, 0.1) is 5.82 Å². The van der Waals surface area contributed by atoms with Crippen molar-refractivity contribution < 1.29 is 9.13 Å². The third-order valence-electron chi connectivity index (χ3n) is 3.93. The van der Waals surface area contributed by atoms with E-state index in [0.717, 1.165) is 24.5 Å². The van der Waals surface area contributed by atoms with Gasteiger partial charge in [0, 0.05) is 25.2 Å². The largest absolute Gasteiger partial charge is 0.472 e. The van der Waals surface area contributed by atoms with Crippen molar-refractivity contribution in [1.29, 1.82) is 0 Å². The molecule has 2 unspecified atom stereocenters. The van der Waals surface area contributed by atoms with E-state index < -0.39 is 0 Å². The molecule has 0 saturated carbocycles. The standard InChI is InChI=1S/C17H21FN4O/c1-12-10-22(13(2)7-20-12)16-8-19-9-17(21-16)23-11-14-4-3-5-15(18)6-14/h3-6,8-9,12-13,20H,7,10-11H2,1-2H3. The van der Waals surface area contributed by atoms with Crippen LogP contribution in [-0.4, -0.2) is 35.1 Å². The van der Waals surface area contributed by atoms with Crippen LogP contribution in [0.5, 0.6) is 5.88 Å². The van der Waals surface area contributed by atoms with Gasteiger partial charge in [-0.05, 0) is 31.5 Å². The lowest BCUT2D eigenvalue weighted by Gasteiger charge is -2.38. The first-order chi connectivity index (χ1) is 11.1. The Balaban J connectivity index is 1.69. The molecule has 0 bridgehead atoms. The van der Waals surface area contributed by atoms with Gasteiger partial charge in [-0.15, -0.1) is 0 Å². The number of benzene rings is 1. The van der Waals surface area contributed by atoms with Crippen molar-refractivity contribution in [2.45, 2.75) is 32.5 Å². The zero-order chi connectivity index (χ0) is 16.2. The highest BCUT2D eigenvalue weighted by molar-refractivity contribution is 5.40. The molecule has 1 aliphatic rings. The van der Waals surface area contributed by atoms with Crippen molar-refractivity contribution in [3.05, 3.63) is 48.0 Å². The highest BCUT2D eigenvalue weighted by Crippen LogP contribution is 2.19. The second kappa shape index (κ2) is 6.91.